The highest BCUT2D eigenvalue weighted by atomic mass is 35.5. The zero-order valence-electron chi connectivity index (χ0n) is 10.4. The van der Waals surface area contributed by atoms with Crippen LogP contribution in [0, 0.1) is 0 Å². The molecule has 2 heterocycles. The fourth-order valence-corrected chi connectivity index (χ4v) is 2.49. The average Bonchev–Trinajstić information content (AvgIpc) is 2.93. The summed E-state index contributed by atoms with van der Waals surface area (Å²) < 4.78 is 10.9. The molecule has 0 bridgehead atoms. The van der Waals surface area contributed by atoms with Crippen LogP contribution in [0.15, 0.2) is 12.1 Å². The van der Waals surface area contributed by atoms with Gasteiger partial charge in [0.25, 0.3) is 0 Å². The highest BCUT2D eigenvalue weighted by molar-refractivity contribution is 6.34. The van der Waals surface area contributed by atoms with Crippen LogP contribution < -0.4 is 20.1 Å². The molecule has 1 aromatic rings. The highest BCUT2D eigenvalue weighted by Crippen LogP contribution is 2.38. The molecule has 0 radical (unpaired) electrons. The molecule has 1 atom stereocenters. The van der Waals surface area contributed by atoms with Crippen LogP contribution in [0.25, 0.3) is 0 Å². The Morgan fingerprint density at radius 2 is 2.05 bits per heavy atom. The summed E-state index contributed by atoms with van der Waals surface area (Å²) in [7, 11) is 0. The number of halogens is 1. The van der Waals surface area contributed by atoms with Crippen molar-refractivity contribution in [2.75, 3.05) is 25.1 Å². The Morgan fingerprint density at radius 3 is 2.74 bits per heavy atom. The molecule has 0 saturated carbocycles. The van der Waals surface area contributed by atoms with E-state index in [-0.39, 0.29) is 11.9 Å². The molecule has 3 rings (SSSR count). The minimum Gasteiger partial charge on any atom is -0.486 e. The first-order valence-corrected chi connectivity index (χ1v) is 6.75. The Labute approximate surface area is 116 Å². The number of hydrogen-bond donors (Lipinski definition) is 2. The number of benzene rings is 1. The van der Waals surface area contributed by atoms with Crippen LogP contribution in [0.4, 0.5) is 5.69 Å². The van der Waals surface area contributed by atoms with E-state index in [2.05, 4.69) is 10.6 Å². The smallest absolute Gasteiger partial charge is 0.241 e. The van der Waals surface area contributed by atoms with Crippen LogP contribution in [0.1, 0.15) is 12.8 Å². The molecule has 0 aromatic heterocycles. The summed E-state index contributed by atoms with van der Waals surface area (Å²) in [6.07, 6.45) is 1.88. The summed E-state index contributed by atoms with van der Waals surface area (Å²) in [5.41, 5.74) is 0.560. The van der Waals surface area contributed by atoms with E-state index in [1.54, 1.807) is 12.1 Å². The Kier molecular flexibility index (Phi) is 3.48. The maximum atomic E-state index is 12.0. The van der Waals surface area contributed by atoms with Gasteiger partial charge in [-0.2, -0.15) is 0 Å². The number of anilines is 1. The Balaban J connectivity index is 1.78. The number of amides is 1. The van der Waals surface area contributed by atoms with Crippen molar-refractivity contribution in [3.05, 3.63) is 17.2 Å². The summed E-state index contributed by atoms with van der Waals surface area (Å²) in [6.45, 7) is 1.90. The molecule has 5 nitrogen and oxygen atoms in total. The lowest BCUT2D eigenvalue weighted by molar-refractivity contribution is -0.117. The largest absolute Gasteiger partial charge is 0.486 e. The van der Waals surface area contributed by atoms with Crippen molar-refractivity contribution in [1.82, 2.24) is 5.32 Å². The highest BCUT2D eigenvalue weighted by Gasteiger charge is 2.23. The third-order valence-electron chi connectivity index (χ3n) is 3.27. The first-order chi connectivity index (χ1) is 9.24. The molecule has 1 amide bonds. The molecule has 0 spiro atoms. The minimum atomic E-state index is -0.135. The van der Waals surface area contributed by atoms with E-state index in [4.69, 9.17) is 21.1 Å². The lowest BCUT2D eigenvalue weighted by Crippen LogP contribution is -2.35. The molecule has 2 aliphatic heterocycles. The van der Waals surface area contributed by atoms with E-state index >= 15 is 0 Å². The van der Waals surface area contributed by atoms with Crippen molar-refractivity contribution >= 4 is 23.2 Å². The van der Waals surface area contributed by atoms with Gasteiger partial charge in [-0.15, -0.1) is 0 Å². The fraction of sp³-hybridized carbons (Fsp3) is 0.462. The second-order valence-corrected chi connectivity index (χ2v) is 5.02. The number of rotatable bonds is 2. The van der Waals surface area contributed by atoms with Crippen molar-refractivity contribution in [3.63, 3.8) is 0 Å². The zero-order chi connectivity index (χ0) is 13.2. The van der Waals surface area contributed by atoms with Crippen molar-refractivity contribution in [2.45, 2.75) is 18.9 Å². The van der Waals surface area contributed by atoms with E-state index in [0.717, 1.165) is 19.4 Å². The molecule has 6 heteroatoms. The summed E-state index contributed by atoms with van der Waals surface area (Å²) >= 11 is 6.14. The lowest BCUT2D eigenvalue weighted by atomic mass is 10.2. The SMILES string of the molecule is O=C(Nc1cc2c(cc1Cl)OCCO2)[C@@H]1CCCN1. The summed E-state index contributed by atoms with van der Waals surface area (Å²) in [5, 5.41) is 6.43. The third-order valence-corrected chi connectivity index (χ3v) is 3.58. The normalized spacial score (nSPS) is 21.2. The van der Waals surface area contributed by atoms with Crippen LogP contribution in [0.5, 0.6) is 11.5 Å². The van der Waals surface area contributed by atoms with Gasteiger partial charge in [0, 0.05) is 12.1 Å². The van der Waals surface area contributed by atoms with Crippen LogP contribution in [0.2, 0.25) is 5.02 Å². The van der Waals surface area contributed by atoms with E-state index in [0.29, 0.717) is 35.4 Å². The second kappa shape index (κ2) is 5.27. The molecule has 19 heavy (non-hydrogen) atoms. The average molecular weight is 283 g/mol. The zero-order valence-corrected chi connectivity index (χ0v) is 11.1. The molecular weight excluding hydrogens is 268 g/mol. The van der Waals surface area contributed by atoms with Gasteiger partial charge in [-0.3, -0.25) is 4.79 Å². The van der Waals surface area contributed by atoms with Gasteiger partial charge in [0.1, 0.15) is 13.2 Å². The third kappa shape index (κ3) is 2.62. The van der Waals surface area contributed by atoms with Crippen LogP contribution in [0.3, 0.4) is 0 Å². The van der Waals surface area contributed by atoms with Gasteiger partial charge in [0.15, 0.2) is 11.5 Å². The molecule has 1 fully saturated rings. The van der Waals surface area contributed by atoms with Crippen molar-refractivity contribution in [3.8, 4) is 11.5 Å². The Hall–Kier alpha value is -1.46. The molecule has 2 aliphatic rings. The van der Waals surface area contributed by atoms with Gasteiger partial charge in [0.05, 0.1) is 16.8 Å². The van der Waals surface area contributed by atoms with Crippen molar-refractivity contribution < 1.29 is 14.3 Å². The van der Waals surface area contributed by atoms with Crippen molar-refractivity contribution in [1.29, 1.82) is 0 Å². The van der Waals surface area contributed by atoms with Crippen LogP contribution in [-0.4, -0.2) is 31.7 Å². The maximum Gasteiger partial charge on any atom is 0.241 e. The standard InChI is InChI=1S/C13H15ClN2O3/c14-8-6-11-12(19-5-4-18-11)7-10(8)16-13(17)9-2-1-3-15-9/h6-7,9,15H,1-5H2,(H,16,17)/t9-/m0/s1. The van der Waals surface area contributed by atoms with Gasteiger partial charge in [-0.1, -0.05) is 11.6 Å². The first kappa shape index (κ1) is 12.6. The maximum absolute atomic E-state index is 12.0. The summed E-state index contributed by atoms with van der Waals surface area (Å²) in [5.74, 6) is 1.18. The fourth-order valence-electron chi connectivity index (χ4n) is 2.29. The first-order valence-electron chi connectivity index (χ1n) is 6.37. The minimum absolute atomic E-state index is 0.0592. The van der Waals surface area contributed by atoms with E-state index in [1.165, 1.54) is 0 Å². The number of nitrogens with one attached hydrogen (secondary N) is 2. The topological polar surface area (TPSA) is 59.6 Å². The quantitative estimate of drug-likeness (QED) is 0.868. The van der Waals surface area contributed by atoms with Crippen LogP contribution in [-0.2, 0) is 4.79 Å². The predicted octanol–water partition coefficient (Wildman–Crippen LogP) is 1.80. The number of hydrogen-bond acceptors (Lipinski definition) is 4. The molecule has 1 saturated heterocycles. The monoisotopic (exact) mass is 282 g/mol. The number of carbonyl (C=O) groups excluding carboxylic acids is 1. The molecular formula is C13H15ClN2O3. The van der Waals surface area contributed by atoms with Gasteiger partial charge in [0.2, 0.25) is 5.91 Å². The molecule has 0 unspecified atom stereocenters. The molecule has 1 aromatic carbocycles. The Morgan fingerprint density at radius 1 is 1.32 bits per heavy atom. The van der Waals surface area contributed by atoms with Gasteiger partial charge in [-0.25, -0.2) is 0 Å². The van der Waals surface area contributed by atoms with Crippen molar-refractivity contribution in [2.24, 2.45) is 0 Å². The number of ether oxygens (including phenoxy) is 2. The van der Waals surface area contributed by atoms with Gasteiger partial charge in [-0.05, 0) is 19.4 Å². The number of fused-ring (bicyclic) bond motifs is 1. The number of carbonyl (C=O) groups is 1. The summed E-state index contributed by atoms with van der Waals surface area (Å²) in [6, 6.07) is 3.25. The van der Waals surface area contributed by atoms with Gasteiger partial charge < -0.3 is 20.1 Å². The predicted molar refractivity (Wildman–Crippen MR) is 72.1 cm³/mol. The second-order valence-electron chi connectivity index (χ2n) is 4.61. The lowest BCUT2D eigenvalue weighted by Gasteiger charge is -2.20. The van der Waals surface area contributed by atoms with Gasteiger partial charge >= 0.3 is 0 Å². The molecule has 0 aliphatic carbocycles. The molecule has 102 valence electrons. The van der Waals surface area contributed by atoms with E-state index < -0.39 is 0 Å². The summed E-state index contributed by atoms with van der Waals surface area (Å²) in [4.78, 5) is 12.0. The van der Waals surface area contributed by atoms with E-state index in [9.17, 15) is 4.79 Å². The molecule has 2 N–H and O–H groups in total. The Bertz CT molecular complexity index is 501. The van der Waals surface area contributed by atoms with Crippen LogP contribution >= 0.6 is 11.6 Å². The van der Waals surface area contributed by atoms with E-state index in [1.807, 2.05) is 0 Å².